The molecule has 0 aliphatic heterocycles. The summed E-state index contributed by atoms with van der Waals surface area (Å²) < 4.78 is 5.92. The van der Waals surface area contributed by atoms with Crippen LogP contribution in [0.25, 0.3) is 0 Å². The van der Waals surface area contributed by atoms with Crippen molar-refractivity contribution in [2.24, 2.45) is 5.73 Å². The van der Waals surface area contributed by atoms with E-state index in [1.807, 2.05) is 38.1 Å². The standard InChI is InChI=1S/C17H21ClN2O/c1-10(2)14-9-16(11(3)7-15(14)18)21-17-8-13(12(4)19)5-6-20-17/h5-10,12H,19H2,1-4H3/t12-/m1/s1. The van der Waals surface area contributed by atoms with Crippen molar-refractivity contribution in [1.29, 1.82) is 0 Å². The number of rotatable bonds is 4. The Hall–Kier alpha value is -1.58. The van der Waals surface area contributed by atoms with Crippen molar-refractivity contribution in [1.82, 2.24) is 4.98 Å². The van der Waals surface area contributed by atoms with Gasteiger partial charge in [-0.05, 0) is 54.7 Å². The molecule has 21 heavy (non-hydrogen) atoms. The number of nitrogens with zero attached hydrogens (tertiary/aromatic N) is 1. The van der Waals surface area contributed by atoms with Crippen LogP contribution in [0.4, 0.5) is 0 Å². The normalized spacial score (nSPS) is 12.5. The summed E-state index contributed by atoms with van der Waals surface area (Å²) in [5, 5.41) is 0.771. The second kappa shape index (κ2) is 6.46. The fourth-order valence-corrected chi connectivity index (χ4v) is 2.53. The molecule has 0 amide bonds. The molecule has 0 fully saturated rings. The summed E-state index contributed by atoms with van der Waals surface area (Å²) in [6.45, 7) is 8.12. The maximum atomic E-state index is 6.28. The average Bonchev–Trinajstić information content (AvgIpc) is 2.41. The van der Waals surface area contributed by atoms with Crippen LogP contribution in [0.1, 0.15) is 49.4 Å². The van der Waals surface area contributed by atoms with Crippen LogP contribution < -0.4 is 10.5 Å². The monoisotopic (exact) mass is 304 g/mol. The number of hydrogen-bond donors (Lipinski definition) is 1. The molecular formula is C17H21ClN2O. The second-order valence-corrected chi connectivity index (χ2v) is 6.02. The van der Waals surface area contributed by atoms with E-state index in [4.69, 9.17) is 22.1 Å². The van der Waals surface area contributed by atoms with Crippen molar-refractivity contribution >= 4 is 11.6 Å². The molecule has 0 saturated carbocycles. The van der Waals surface area contributed by atoms with Gasteiger partial charge in [0.05, 0.1) is 0 Å². The highest BCUT2D eigenvalue weighted by molar-refractivity contribution is 6.31. The Labute approximate surface area is 131 Å². The van der Waals surface area contributed by atoms with E-state index in [2.05, 4.69) is 18.8 Å². The number of hydrogen-bond acceptors (Lipinski definition) is 3. The van der Waals surface area contributed by atoms with Gasteiger partial charge in [0.1, 0.15) is 5.75 Å². The lowest BCUT2D eigenvalue weighted by Crippen LogP contribution is -2.05. The largest absolute Gasteiger partial charge is 0.439 e. The highest BCUT2D eigenvalue weighted by Gasteiger charge is 2.12. The molecule has 0 unspecified atom stereocenters. The minimum Gasteiger partial charge on any atom is -0.439 e. The molecule has 1 aromatic carbocycles. The van der Waals surface area contributed by atoms with Crippen molar-refractivity contribution in [3.05, 3.63) is 52.2 Å². The smallest absolute Gasteiger partial charge is 0.219 e. The Kier molecular flexibility index (Phi) is 4.86. The number of benzene rings is 1. The predicted octanol–water partition coefficient (Wildman–Crippen LogP) is 4.98. The van der Waals surface area contributed by atoms with Crippen LogP contribution in [0, 0.1) is 6.92 Å². The Bertz CT molecular complexity index is 639. The molecule has 0 radical (unpaired) electrons. The van der Waals surface area contributed by atoms with E-state index in [-0.39, 0.29) is 6.04 Å². The number of aromatic nitrogens is 1. The molecule has 4 heteroatoms. The van der Waals surface area contributed by atoms with E-state index in [1.165, 1.54) is 0 Å². The summed E-state index contributed by atoms with van der Waals surface area (Å²) in [6, 6.07) is 7.64. The van der Waals surface area contributed by atoms with Crippen molar-refractivity contribution in [3.8, 4) is 11.6 Å². The summed E-state index contributed by atoms with van der Waals surface area (Å²) in [5.74, 6) is 1.66. The zero-order valence-corrected chi connectivity index (χ0v) is 13.6. The van der Waals surface area contributed by atoms with E-state index in [9.17, 15) is 0 Å². The molecule has 0 spiro atoms. The lowest BCUT2D eigenvalue weighted by Gasteiger charge is -2.14. The fourth-order valence-electron chi connectivity index (χ4n) is 2.10. The van der Waals surface area contributed by atoms with E-state index in [0.29, 0.717) is 11.8 Å². The topological polar surface area (TPSA) is 48.1 Å². The minimum atomic E-state index is -0.0483. The molecule has 1 heterocycles. The third kappa shape index (κ3) is 3.74. The summed E-state index contributed by atoms with van der Waals surface area (Å²) in [4.78, 5) is 4.24. The maximum Gasteiger partial charge on any atom is 0.219 e. The maximum absolute atomic E-state index is 6.28. The first-order valence-corrected chi connectivity index (χ1v) is 7.45. The molecular weight excluding hydrogens is 284 g/mol. The first-order valence-electron chi connectivity index (χ1n) is 7.08. The first-order chi connectivity index (χ1) is 9.88. The zero-order valence-electron chi connectivity index (χ0n) is 12.9. The van der Waals surface area contributed by atoms with Gasteiger partial charge < -0.3 is 10.5 Å². The Morgan fingerprint density at radius 1 is 1.19 bits per heavy atom. The molecule has 0 aliphatic rings. The molecule has 1 aromatic heterocycles. The van der Waals surface area contributed by atoms with Gasteiger partial charge in [-0.1, -0.05) is 25.4 Å². The Morgan fingerprint density at radius 3 is 2.52 bits per heavy atom. The van der Waals surface area contributed by atoms with Gasteiger partial charge in [0, 0.05) is 23.3 Å². The number of pyridine rings is 1. The number of nitrogens with two attached hydrogens (primary N) is 1. The van der Waals surface area contributed by atoms with Crippen LogP contribution in [0.3, 0.4) is 0 Å². The lowest BCUT2D eigenvalue weighted by atomic mass is 10.0. The molecule has 0 saturated heterocycles. The molecule has 112 valence electrons. The molecule has 3 nitrogen and oxygen atoms in total. The van der Waals surface area contributed by atoms with Crippen molar-refractivity contribution in [3.63, 3.8) is 0 Å². The van der Waals surface area contributed by atoms with Crippen LogP contribution in [0.2, 0.25) is 5.02 Å². The summed E-state index contributed by atoms with van der Waals surface area (Å²) in [6.07, 6.45) is 1.71. The van der Waals surface area contributed by atoms with E-state index >= 15 is 0 Å². The third-order valence-electron chi connectivity index (χ3n) is 3.42. The van der Waals surface area contributed by atoms with Crippen LogP contribution in [-0.2, 0) is 0 Å². The minimum absolute atomic E-state index is 0.0483. The molecule has 2 aromatic rings. The molecule has 0 aliphatic carbocycles. The SMILES string of the molecule is Cc1cc(Cl)c(C(C)C)cc1Oc1cc([C@@H](C)N)ccn1. The summed E-state index contributed by atoms with van der Waals surface area (Å²) in [5.41, 5.74) is 8.94. The number of ether oxygens (including phenoxy) is 1. The van der Waals surface area contributed by atoms with E-state index in [1.54, 1.807) is 6.20 Å². The zero-order chi connectivity index (χ0) is 15.6. The van der Waals surface area contributed by atoms with Gasteiger partial charge in [-0.3, -0.25) is 0 Å². The summed E-state index contributed by atoms with van der Waals surface area (Å²) in [7, 11) is 0. The van der Waals surface area contributed by atoms with Crippen LogP contribution in [-0.4, -0.2) is 4.98 Å². The number of halogens is 1. The molecule has 0 bridgehead atoms. The first kappa shape index (κ1) is 15.8. The van der Waals surface area contributed by atoms with Gasteiger partial charge in [0.15, 0.2) is 0 Å². The highest BCUT2D eigenvalue weighted by atomic mass is 35.5. The fraction of sp³-hybridized carbons (Fsp3) is 0.353. The number of aryl methyl sites for hydroxylation is 1. The van der Waals surface area contributed by atoms with Gasteiger partial charge in [-0.2, -0.15) is 0 Å². The molecule has 1 atom stereocenters. The third-order valence-corrected chi connectivity index (χ3v) is 3.74. The van der Waals surface area contributed by atoms with Crippen molar-refractivity contribution < 1.29 is 4.74 Å². The predicted molar refractivity (Wildman–Crippen MR) is 87.2 cm³/mol. The molecule has 2 N–H and O–H groups in total. The lowest BCUT2D eigenvalue weighted by molar-refractivity contribution is 0.457. The Balaban J connectivity index is 2.35. The van der Waals surface area contributed by atoms with Crippen molar-refractivity contribution in [2.75, 3.05) is 0 Å². The Morgan fingerprint density at radius 2 is 1.90 bits per heavy atom. The van der Waals surface area contributed by atoms with Gasteiger partial charge in [0.2, 0.25) is 5.88 Å². The van der Waals surface area contributed by atoms with Crippen molar-refractivity contribution in [2.45, 2.75) is 39.7 Å². The van der Waals surface area contributed by atoms with Gasteiger partial charge >= 0.3 is 0 Å². The van der Waals surface area contributed by atoms with Crippen LogP contribution >= 0.6 is 11.6 Å². The summed E-state index contributed by atoms with van der Waals surface area (Å²) >= 11 is 6.28. The van der Waals surface area contributed by atoms with E-state index in [0.717, 1.165) is 27.5 Å². The van der Waals surface area contributed by atoms with Gasteiger partial charge in [-0.15, -0.1) is 0 Å². The van der Waals surface area contributed by atoms with Crippen LogP contribution in [0.5, 0.6) is 11.6 Å². The second-order valence-electron chi connectivity index (χ2n) is 5.61. The van der Waals surface area contributed by atoms with Crippen LogP contribution in [0.15, 0.2) is 30.5 Å². The molecule has 2 rings (SSSR count). The average molecular weight is 305 g/mol. The quantitative estimate of drug-likeness (QED) is 0.866. The van der Waals surface area contributed by atoms with Gasteiger partial charge in [-0.25, -0.2) is 4.98 Å². The highest BCUT2D eigenvalue weighted by Crippen LogP contribution is 2.33. The van der Waals surface area contributed by atoms with E-state index < -0.39 is 0 Å². The van der Waals surface area contributed by atoms with Gasteiger partial charge in [0.25, 0.3) is 0 Å².